The SMILES string of the molecule is Cc1ccsc1C(=O)N1CCCC(c2ccc3cn[nH]c3n2)C1. The fraction of sp³-hybridized carbons (Fsp3) is 0.353. The van der Waals surface area contributed by atoms with Crippen molar-refractivity contribution in [3.05, 3.63) is 45.9 Å². The molecule has 0 aliphatic carbocycles. The molecule has 23 heavy (non-hydrogen) atoms. The van der Waals surface area contributed by atoms with Crippen molar-refractivity contribution in [2.24, 2.45) is 0 Å². The quantitative estimate of drug-likeness (QED) is 0.785. The van der Waals surface area contributed by atoms with Gasteiger partial charge in [-0.05, 0) is 48.9 Å². The predicted molar refractivity (Wildman–Crippen MR) is 90.8 cm³/mol. The minimum atomic E-state index is 0.157. The first-order chi connectivity index (χ1) is 11.2. The number of aryl methyl sites for hydroxylation is 1. The number of aromatic nitrogens is 3. The minimum absolute atomic E-state index is 0.157. The molecule has 6 heteroatoms. The Morgan fingerprint density at radius 3 is 3.13 bits per heavy atom. The summed E-state index contributed by atoms with van der Waals surface area (Å²) in [5.41, 5.74) is 2.93. The number of rotatable bonds is 2. The smallest absolute Gasteiger partial charge is 0.264 e. The van der Waals surface area contributed by atoms with Crippen LogP contribution in [-0.4, -0.2) is 39.1 Å². The van der Waals surface area contributed by atoms with Crippen LogP contribution in [0, 0.1) is 6.92 Å². The molecule has 5 nitrogen and oxygen atoms in total. The number of carbonyl (C=O) groups excluding carboxylic acids is 1. The van der Waals surface area contributed by atoms with Crippen LogP contribution < -0.4 is 0 Å². The van der Waals surface area contributed by atoms with Gasteiger partial charge in [0, 0.05) is 30.1 Å². The van der Waals surface area contributed by atoms with Crippen LogP contribution in [0.5, 0.6) is 0 Å². The van der Waals surface area contributed by atoms with Crippen molar-refractivity contribution in [1.82, 2.24) is 20.1 Å². The number of carbonyl (C=O) groups is 1. The van der Waals surface area contributed by atoms with E-state index < -0.39 is 0 Å². The van der Waals surface area contributed by atoms with Crippen molar-refractivity contribution in [2.75, 3.05) is 13.1 Å². The maximum absolute atomic E-state index is 12.7. The molecule has 1 N–H and O–H groups in total. The minimum Gasteiger partial charge on any atom is -0.337 e. The van der Waals surface area contributed by atoms with Crippen LogP contribution in [-0.2, 0) is 0 Å². The molecule has 0 aromatic carbocycles. The number of nitrogens with one attached hydrogen (secondary N) is 1. The molecule has 0 saturated carbocycles. The van der Waals surface area contributed by atoms with Gasteiger partial charge in [-0.2, -0.15) is 5.10 Å². The van der Waals surface area contributed by atoms with Gasteiger partial charge in [0.1, 0.15) is 0 Å². The first-order valence-corrected chi connectivity index (χ1v) is 8.74. The summed E-state index contributed by atoms with van der Waals surface area (Å²) in [5, 5.41) is 9.95. The molecule has 4 heterocycles. The maximum atomic E-state index is 12.7. The molecule has 0 bridgehead atoms. The topological polar surface area (TPSA) is 61.9 Å². The number of aromatic amines is 1. The second-order valence-electron chi connectivity index (χ2n) is 6.07. The molecule has 3 aromatic rings. The van der Waals surface area contributed by atoms with Gasteiger partial charge in [-0.25, -0.2) is 4.98 Å². The van der Waals surface area contributed by atoms with Crippen LogP contribution >= 0.6 is 11.3 Å². The normalized spacial score (nSPS) is 18.5. The highest BCUT2D eigenvalue weighted by molar-refractivity contribution is 7.12. The fourth-order valence-corrected chi connectivity index (χ4v) is 4.10. The van der Waals surface area contributed by atoms with Crippen LogP contribution in [0.15, 0.2) is 29.8 Å². The Kier molecular flexibility index (Phi) is 3.61. The summed E-state index contributed by atoms with van der Waals surface area (Å²) in [6.07, 6.45) is 3.87. The highest BCUT2D eigenvalue weighted by Crippen LogP contribution is 2.28. The van der Waals surface area contributed by atoms with E-state index >= 15 is 0 Å². The predicted octanol–water partition coefficient (Wildman–Crippen LogP) is 3.35. The second-order valence-corrected chi connectivity index (χ2v) is 6.98. The van der Waals surface area contributed by atoms with Gasteiger partial charge in [-0.15, -0.1) is 11.3 Å². The van der Waals surface area contributed by atoms with Crippen LogP contribution in [0.2, 0.25) is 0 Å². The van der Waals surface area contributed by atoms with E-state index in [1.165, 1.54) is 11.3 Å². The molecule has 1 unspecified atom stereocenters. The van der Waals surface area contributed by atoms with E-state index in [0.29, 0.717) is 5.92 Å². The van der Waals surface area contributed by atoms with E-state index in [-0.39, 0.29) is 5.91 Å². The number of amides is 1. The number of likely N-dealkylation sites (tertiary alicyclic amines) is 1. The van der Waals surface area contributed by atoms with E-state index in [2.05, 4.69) is 21.2 Å². The van der Waals surface area contributed by atoms with Crippen molar-refractivity contribution < 1.29 is 4.79 Å². The third-order valence-electron chi connectivity index (χ3n) is 4.51. The number of fused-ring (bicyclic) bond motifs is 1. The summed E-state index contributed by atoms with van der Waals surface area (Å²) in [4.78, 5) is 20.3. The Morgan fingerprint density at radius 1 is 1.39 bits per heavy atom. The number of pyridine rings is 1. The van der Waals surface area contributed by atoms with Gasteiger partial charge in [-0.3, -0.25) is 9.89 Å². The van der Waals surface area contributed by atoms with E-state index in [1.54, 1.807) is 6.20 Å². The molecule has 1 amide bonds. The first-order valence-electron chi connectivity index (χ1n) is 7.86. The van der Waals surface area contributed by atoms with Gasteiger partial charge in [-0.1, -0.05) is 0 Å². The van der Waals surface area contributed by atoms with E-state index in [0.717, 1.165) is 53.1 Å². The molecule has 118 valence electrons. The monoisotopic (exact) mass is 326 g/mol. The average Bonchev–Trinajstić information content (AvgIpc) is 3.22. The zero-order valence-corrected chi connectivity index (χ0v) is 13.8. The summed E-state index contributed by atoms with van der Waals surface area (Å²) in [6, 6.07) is 6.12. The molecule has 1 atom stereocenters. The largest absolute Gasteiger partial charge is 0.337 e. The van der Waals surface area contributed by atoms with Gasteiger partial charge in [0.25, 0.3) is 5.91 Å². The molecule has 1 aliphatic heterocycles. The summed E-state index contributed by atoms with van der Waals surface area (Å²) < 4.78 is 0. The molecule has 4 rings (SSSR count). The third kappa shape index (κ3) is 2.63. The average molecular weight is 326 g/mol. The fourth-order valence-electron chi connectivity index (χ4n) is 3.21. The number of piperidine rings is 1. The lowest BCUT2D eigenvalue weighted by atomic mass is 9.94. The molecular formula is C17H18N4OS. The first kappa shape index (κ1) is 14.4. The molecule has 0 spiro atoms. The summed E-state index contributed by atoms with van der Waals surface area (Å²) in [7, 11) is 0. The van der Waals surface area contributed by atoms with E-state index in [1.807, 2.05) is 29.3 Å². The molecule has 1 fully saturated rings. The number of thiophene rings is 1. The number of H-pyrrole nitrogens is 1. The van der Waals surface area contributed by atoms with Crippen LogP contribution in [0.4, 0.5) is 0 Å². The lowest BCUT2D eigenvalue weighted by Gasteiger charge is -2.32. The van der Waals surface area contributed by atoms with Gasteiger partial charge in [0.05, 0.1) is 11.1 Å². The molecule has 3 aromatic heterocycles. The van der Waals surface area contributed by atoms with Crippen molar-refractivity contribution in [3.63, 3.8) is 0 Å². The lowest BCUT2D eigenvalue weighted by Crippen LogP contribution is -2.39. The zero-order valence-electron chi connectivity index (χ0n) is 13.0. The highest BCUT2D eigenvalue weighted by Gasteiger charge is 2.27. The second kappa shape index (κ2) is 5.77. The number of hydrogen-bond donors (Lipinski definition) is 1. The standard InChI is InChI=1S/C17H18N4OS/c1-11-6-8-23-15(11)17(22)21-7-2-3-13(10-21)14-5-4-12-9-18-20-16(12)19-14/h4-6,8-9,13H,2-3,7,10H2,1H3,(H,18,19,20). The van der Waals surface area contributed by atoms with Crippen molar-refractivity contribution >= 4 is 28.3 Å². The zero-order chi connectivity index (χ0) is 15.8. The van der Waals surface area contributed by atoms with E-state index in [4.69, 9.17) is 0 Å². The van der Waals surface area contributed by atoms with Gasteiger partial charge in [0.15, 0.2) is 5.65 Å². The Labute approximate surface area is 138 Å². The molecule has 1 aliphatic rings. The maximum Gasteiger partial charge on any atom is 0.264 e. The molecule has 0 radical (unpaired) electrons. The molecular weight excluding hydrogens is 308 g/mol. The van der Waals surface area contributed by atoms with Crippen molar-refractivity contribution in [2.45, 2.75) is 25.7 Å². The molecule has 1 saturated heterocycles. The van der Waals surface area contributed by atoms with Crippen molar-refractivity contribution in [3.8, 4) is 0 Å². The van der Waals surface area contributed by atoms with E-state index in [9.17, 15) is 4.79 Å². The summed E-state index contributed by atoms with van der Waals surface area (Å²) in [5.74, 6) is 0.450. The number of hydrogen-bond acceptors (Lipinski definition) is 4. The van der Waals surface area contributed by atoms with Gasteiger partial charge in [0.2, 0.25) is 0 Å². The Morgan fingerprint density at radius 2 is 2.30 bits per heavy atom. The summed E-state index contributed by atoms with van der Waals surface area (Å²) >= 11 is 1.53. The van der Waals surface area contributed by atoms with Crippen LogP contribution in [0.25, 0.3) is 11.0 Å². The van der Waals surface area contributed by atoms with Crippen LogP contribution in [0.3, 0.4) is 0 Å². The summed E-state index contributed by atoms with van der Waals surface area (Å²) in [6.45, 7) is 3.57. The van der Waals surface area contributed by atoms with Crippen molar-refractivity contribution in [1.29, 1.82) is 0 Å². The Bertz CT molecular complexity index is 853. The lowest BCUT2D eigenvalue weighted by molar-refractivity contribution is 0.0710. The van der Waals surface area contributed by atoms with Crippen LogP contribution in [0.1, 0.15) is 39.7 Å². The Balaban J connectivity index is 1.56. The number of nitrogens with zero attached hydrogens (tertiary/aromatic N) is 3. The van der Waals surface area contributed by atoms with Gasteiger partial charge >= 0.3 is 0 Å². The Hall–Kier alpha value is -2.21. The van der Waals surface area contributed by atoms with Gasteiger partial charge < -0.3 is 4.90 Å². The third-order valence-corrected chi connectivity index (χ3v) is 5.51. The highest BCUT2D eigenvalue weighted by atomic mass is 32.1.